The minimum atomic E-state index is 0.209. The standard InChI is InChI=1S/C24H21N/c1-17-11-5-3-4-6-15-22-20-13-8-7-12-19(20)21-14-9-10-16-23(21)24(22)25-18(17)2/h3-5,7-17H,2,6H2,1H3/b4-3-,11-5-,22-15-,25-24+. The van der Waals surface area contributed by atoms with Crippen LogP contribution in [-0.4, -0.2) is 0 Å². The Hall–Kier alpha value is -2.93. The number of benzene rings is 3. The lowest BCUT2D eigenvalue weighted by atomic mass is 9.98. The third kappa shape index (κ3) is 2.83. The Morgan fingerprint density at radius 1 is 0.880 bits per heavy atom. The molecule has 0 N–H and O–H groups in total. The van der Waals surface area contributed by atoms with Crippen LogP contribution in [-0.2, 0) is 0 Å². The number of fused-ring (bicyclic) bond motifs is 6. The van der Waals surface area contributed by atoms with Gasteiger partial charge in [0.1, 0.15) is 0 Å². The number of rotatable bonds is 0. The minimum Gasteiger partial charge on any atom is -0.252 e. The first kappa shape index (κ1) is 15.6. The number of allylic oxidation sites excluding steroid dienone is 4. The molecule has 0 fully saturated rings. The van der Waals surface area contributed by atoms with Gasteiger partial charge in [-0.2, -0.15) is 0 Å². The van der Waals surface area contributed by atoms with Gasteiger partial charge in [0.05, 0.1) is 5.36 Å². The zero-order valence-corrected chi connectivity index (χ0v) is 14.4. The van der Waals surface area contributed by atoms with E-state index in [1.54, 1.807) is 0 Å². The van der Waals surface area contributed by atoms with E-state index in [4.69, 9.17) is 4.99 Å². The first-order valence-electron chi connectivity index (χ1n) is 8.76. The number of nitrogens with zero attached hydrogens (tertiary/aromatic N) is 1. The molecule has 1 aliphatic heterocycles. The molecular weight excluding hydrogens is 302 g/mol. The van der Waals surface area contributed by atoms with E-state index in [9.17, 15) is 0 Å². The van der Waals surface area contributed by atoms with Crippen molar-refractivity contribution >= 4 is 27.6 Å². The third-order valence-electron chi connectivity index (χ3n) is 4.83. The van der Waals surface area contributed by atoms with E-state index < -0.39 is 0 Å². The molecule has 4 rings (SSSR count). The molecule has 1 heterocycles. The van der Waals surface area contributed by atoms with Crippen LogP contribution < -0.4 is 10.6 Å². The van der Waals surface area contributed by atoms with Crippen LogP contribution in [0, 0.1) is 5.92 Å². The number of hydrogen-bond donors (Lipinski definition) is 0. The Labute approximate surface area is 148 Å². The molecule has 1 heteroatoms. The third-order valence-corrected chi connectivity index (χ3v) is 4.83. The molecule has 0 spiro atoms. The van der Waals surface area contributed by atoms with Crippen molar-refractivity contribution in [2.45, 2.75) is 13.3 Å². The summed E-state index contributed by atoms with van der Waals surface area (Å²) in [6.07, 6.45) is 11.7. The highest BCUT2D eigenvalue weighted by Crippen LogP contribution is 2.21. The highest BCUT2D eigenvalue weighted by Gasteiger charge is 2.08. The molecule has 0 saturated heterocycles. The highest BCUT2D eigenvalue weighted by molar-refractivity contribution is 6.07. The van der Waals surface area contributed by atoms with E-state index in [-0.39, 0.29) is 5.92 Å². The van der Waals surface area contributed by atoms with Crippen LogP contribution in [0.15, 0.2) is 90.1 Å². The van der Waals surface area contributed by atoms with Crippen molar-refractivity contribution in [1.82, 2.24) is 0 Å². The van der Waals surface area contributed by atoms with Gasteiger partial charge in [-0.15, -0.1) is 0 Å². The molecule has 1 aliphatic rings. The molecule has 0 aromatic heterocycles. The summed E-state index contributed by atoms with van der Waals surface area (Å²) in [5.41, 5.74) is 0.890. The number of hydrogen-bond acceptors (Lipinski definition) is 1. The maximum Gasteiger partial charge on any atom is 0.0786 e. The van der Waals surface area contributed by atoms with Gasteiger partial charge in [-0.25, -0.2) is 0 Å². The molecule has 0 amide bonds. The predicted molar refractivity (Wildman–Crippen MR) is 108 cm³/mol. The second kappa shape index (κ2) is 6.52. The normalized spacial score (nSPS) is 22.9. The highest BCUT2D eigenvalue weighted by atomic mass is 14.7. The van der Waals surface area contributed by atoms with E-state index >= 15 is 0 Å². The van der Waals surface area contributed by atoms with Crippen molar-refractivity contribution in [3.8, 4) is 0 Å². The van der Waals surface area contributed by atoms with Gasteiger partial charge in [0.15, 0.2) is 0 Å². The Morgan fingerprint density at radius 3 is 2.28 bits per heavy atom. The topological polar surface area (TPSA) is 12.4 Å². The summed E-state index contributed by atoms with van der Waals surface area (Å²) in [7, 11) is 0. The van der Waals surface area contributed by atoms with Crippen molar-refractivity contribution in [3.63, 3.8) is 0 Å². The summed E-state index contributed by atoms with van der Waals surface area (Å²) in [5, 5.41) is 7.20. The Morgan fingerprint density at radius 2 is 1.52 bits per heavy atom. The van der Waals surface area contributed by atoms with E-state index in [1.165, 1.54) is 26.8 Å². The van der Waals surface area contributed by atoms with Crippen molar-refractivity contribution in [3.05, 3.63) is 95.7 Å². The van der Waals surface area contributed by atoms with Crippen molar-refractivity contribution in [2.75, 3.05) is 0 Å². The fourth-order valence-corrected chi connectivity index (χ4v) is 3.41. The molecule has 122 valence electrons. The van der Waals surface area contributed by atoms with E-state index in [0.717, 1.165) is 17.5 Å². The Kier molecular flexibility index (Phi) is 4.07. The first-order valence-corrected chi connectivity index (χ1v) is 8.76. The molecule has 0 saturated carbocycles. The fourth-order valence-electron chi connectivity index (χ4n) is 3.41. The van der Waals surface area contributed by atoms with Gasteiger partial charge in [0.2, 0.25) is 0 Å². The lowest BCUT2D eigenvalue weighted by Crippen LogP contribution is -2.27. The molecule has 0 radical (unpaired) electrons. The summed E-state index contributed by atoms with van der Waals surface area (Å²) < 4.78 is 0. The largest absolute Gasteiger partial charge is 0.252 e. The zero-order valence-electron chi connectivity index (χ0n) is 14.4. The molecule has 1 atom stereocenters. The van der Waals surface area contributed by atoms with Crippen LogP contribution >= 0.6 is 0 Å². The summed E-state index contributed by atoms with van der Waals surface area (Å²) in [4.78, 5) is 5.00. The van der Waals surface area contributed by atoms with Gasteiger partial charge in [-0.05, 0) is 22.6 Å². The predicted octanol–water partition coefficient (Wildman–Crippen LogP) is 5.06. The molecule has 25 heavy (non-hydrogen) atoms. The van der Waals surface area contributed by atoms with Crippen molar-refractivity contribution in [1.29, 1.82) is 0 Å². The Balaban J connectivity index is 2.24. The SMILES string of the molecule is C=C1/N=c2\c(c3ccccc3c3ccccc23)=C/C/C=C\C=C/C1C. The van der Waals surface area contributed by atoms with E-state index in [1.807, 2.05) is 0 Å². The van der Waals surface area contributed by atoms with Crippen LogP contribution in [0.5, 0.6) is 0 Å². The maximum absolute atomic E-state index is 5.00. The van der Waals surface area contributed by atoms with Crippen LogP contribution in [0.1, 0.15) is 13.3 Å². The molecule has 3 aromatic carbocycles. The van der Waals surface area contributed by atoms with Gasteiger partial charge >= 0.3 is 0 Å². The summed E-state index contributed by atoms with van der Waals surface area (Å²) in [6.45, 7) is 6.37. The molecular formula is C24H21N. The maximum atomic E-state index is 5.00. The lowest BCUT2D eigenvalue weighted by molar-refractivity contribution is 0.841. The molecule has 0 aliphatic carbocycles. The lowest BCUT2D eigenvalue weighted by Gasteiger charge is -2.09. The summed E-state index contributed by atoms with van der Waals surface area (Å²) >= 11 is 0. The average Bonchev–Trinajstić information content (AvgIpc) is 2.68. The minimum absolute atomic E-state index is 0.209. The first-order chi connectivity index (χ1) is 12.3. The summed E-state index contributed by atoms with van der Waals surface area (Å²) in [5.74, 6) is 0.209. The van der Waals surface area contributed by atoms with Gasteiger partial charge < -0.3 is 0 Å². The van der Waals surface area contributed by atoms with Crippen LogP contribution in [0.2, 0.25) is 0 Å². The average molecular weight is 323 g/mol. The van der Waals surface area contributed by atoms with Gasteiger partial charge in [-0.3, -0.25) is 4.99 Å². The smallest absolute Gasteiger partial charge is 0.0786 e. The van der Waals surface area contributed by atoms with Gasteiger partial charge in [-0.1, -0.05) is 92.4 Å². The van der Waals surface area contributed by atoms with Gasteiger partial charge in [0, 0.05) is 22.2 Å². The van der Waals surface area contributed by atoms with Crippen LogP contribution in [0.3, 0.4) is 0 Å². The quantitative estimate of drug-likeness (QED) is 0.513. The molecule has 0 bridgehead atoms. The molecule has 3 aromatic rings. The van der Waals surface area contributed by atoms with Crippen molar-refractivity contribution < 1.29 is 0 Å². The second-order valence-corrected chi connectivity index (χ2v) is 6.50. The molecule has 1 unspecified atom stereocenters. The van der Waals surface area contributed by atoms with Crippen LogP contribution in [0.25, 0.3) is 27.6 Å². The second-order valence-electron chi connectivity index (χ2n) is 6.50. The van der Waals surface area contributed by atoms with E-state index in [2.05, 4.69) is 92.4 Å². The Bertz CT molecular complexity index is 1150. The van der Waals surface area contributed by atoms with Crippen LogP contribution in [0.4, 0.5) is 0 Å². The van der Waals surface area contributed by atoms with E-state index in [0.29, 0.717) is 0 Å². The monoisotopic (exact) mass is 323 g/mol. The zero-order chi connectivity index (χ0) is 17.2. The van der Waals surface area contributed by atoms with Gasteiger partial charge in [0.25, 0.3) is 0 Å². The fraction of sp³-hybridized carbons (Fsp3) is 0.125. The summed E-state index contributed by atoms with van der Waals surface area (Å²) in [6, 6.07) is 17.1. The molecule has 1 nitrogen and oxygen atoms in total. The van der Waals surface area contributed by atoms with Crippen molar-refractivity contribution in [2.24, 2.45) is 10.9 Å².